The topological polar surface area (TPSA) is 61.9 Å². The Morgan fingerprint density at radius 1 is 1.47 bits per heavy atom. The number of aromatic amines is 1. The second-order valence-corrected chi connectivity index (χ2v) is 4.35. The lowest BCUT2D eigenvalue weighted by molar-refractivity contribution is 0.0673. The fourth-order valence-corrected chi connectivity index (χ4v) is 1.64. The summed E-state index contributed by atoms with van der Waals surface area (Å²) in [6.07, 6.45) is 3.03. The lowest BCUT2D eigenvalue weighted by Crippen LogP contribution is -2.39. The molecule has 5 heteroatoms. The van der Waals surface area contributed by atoms with Crippen LogP contribution >= 0.6 is 0 Å². The molecule has 0 radical (unpaired) electrons. The van der Waals surface area contributed by atoms with Crippen LogP contribution in [0.1, 0.15) is 56.5 Å². The van der Waals surface area contributed by atoms with Crippen molar-refractivity contribution in [2.45, 2.75) is 53.0 Å². The molecule has 0 spiro atoms. The van der Waals surface area contributed by atoms with E-state index in [9.17, 15) is 4.79 Å². The van der Waals surface area contributed by atoms with Gasteiger partial charge in [0.15, 0.2) is 0 Å². The van der Waals surface area contributed by atoms with E-state index in [-0.39, 0.29) is 17.8 Å². The van der Waals surface area contributed by atoms with E-state index in [2.05, 4.69) is 36.0 Å². The maximum absolute atomic E-state index is 12.2. The third-order valence-electron chi connectivity index (χ3n) is 2.92. The minimum absolute atomic E-state index is 0.0721. The van der Waals surface area contributed by atoms with Crippen LogP contribution in [0.2, 0.25) is 0 Å². The number of nitrogens with zero attached hydrogens (tertiary/aromatic N) is 3. The standard InChI is InChI=1S/C12H22N4O/c1-5-7-8-16(9(3)6-2)12(17)11-13-10(4)14-15-11/h9H,5-8H2,1-4H3,(H,13,14,15). The molecule has 1 atom stereocenters. The van der Waals surface area contributed by atoms with Gasteiger partial charge in [-0.05, 0) is 26.7 Å². The van der Waals surface area contributed by atoms with Gasteiger partial charge >= 0.3 is 0 Å². The molecule has 5 nitrogen and oxygen atoms in total. The Labute approximate surface area is 103 Å². The number of aryl methyl sites for hydroxylation is 1. The molecule has 0 fully saturated rings. The minimum Gasteiger partial charge on any atom is -0.333 e. The lowest BCUT2D eigenvalue weighted by Gasteiger charge is -2.27. The lowest BCUT2D eigenvalue weighted by atomic mass is 10.2. The zero-order valence-corrected chi connectivity index (χ0v) is 11.2. The molecular formula is C12H22N4O. The van der Waals surface area contributed by atoms with E-state index < -0.39 is 0 Å². The summed E-state index contributed by atoms with van der Waals surface area (Å²) in [5, 5.41) is 6.64. The largest absolute Gasteiger partial charge is 0.333 e. The van der Waals surface area contributed by atoms with Gasteiger partial charge in [0.05, 0.1) is 0 Å². The van der Waals surface area contributed by atoms with E-state index in [1.807, 2.05) is 4.90 Å². The molecule has 0 aromatic carbocycles. The number of aromatic nitrogens is 3. The predicted molar refractivity (Wildman–Crippen MR) is 66.8 cm³/mol. The van der Waals surface area contributed by atoms with Crippen LogP contribution in [0.25, 0.3) is 0 Å². The third kappa shape index (κ3) is 3.54. The molecule has 1 aromatic heterocycles. The highest BCUT2D eigenvalue weighted by atomic mass is 16.2. The second kappa shape index (κ2) is 6.37. The van der Waals surface area contributed by atoms with Gasteiger partial charge in [0.1, 0.15) is 5.82 Å². The second-order valence-electron chi connectivity index (χ2n) is 4.35. The maximum Gasteiger partial charge on any atom is 0.293 e. The van der Waals surface area contributed by atoms with Crippen molar-refractivity contribution in [3.05, 3.63) is 11.6 Å². The number of nitrogens with one attached hydrogen (secondary N) is 1. The van der Waals surface area contributed by atoms with Crippen molar-refractivity contribution in [1.29, 1.82) is 0 Å². The first kappa shape index (κ1) is 13.7. The zero-order valence-electron chi connectivity index (χ0n) is 11.2. The van der Waals surface area contributed by atoms with Crippen LogP contribution in [0.4, 0.5) is 0 Å². The van der Waals surface area contributed by atoms with Crippen LogP contribution in [0.3, 0.4) is 0 Å². The van der Waals surface area contributed by atoms with Crippen molar-refractivity contribution in [3.63, 3.8) is 0 Å². The number of hydrogen-bond donors (Lipinski definition) is 1. The Kier molecular flexibility index (Phi) is 5.12. The number of carbonyl (C=O) groups is 1. The van der Waals surface area contributed by atoms with E-state index in [1.165, 1.54) is 0 Å². The van der Waals surface area contributed by atoms with E-state index in [0.717, 1.165) is 25.8 Å². The summed E-state index contributed by atoms with van der Waals surface area (Å²) in [6.45, 7) is 8.84. The molecule has 0 saturated heterocycles. The number of hydrogen-bond acceptors (Lipinski definition) is 3. The van der Waals surface area contributed by atoms with Crippen LogP contribution in [0.5, 0.6) is 0 Å². The highest BCUT2D eigenvalue weighted by molar-refractivity contribution is 5.90. The van der Waals surface area contributed by atoms with Crippen LogP contribution < -0.4 is 0 Å². The van der Waals surface area contributed by atoms with Gasteiger partial charge in [-0.15, -0.1) is 5.10 Å². The Morgan fingerprint density at radius 3 is 2.65 bits per heavy atom. The quantitative estimate of drug-likeness (QED) is 0.826. The molecule has 1 N–H and O–H groups in total. The highest BCUT2D eigenvalue weighted by Crippen LogP contribution is 2.09. The number of carbonyl (C=O) groups excluding carboxylic acids is 1. The van der Waals surface area contributed by atoms with Crippen molar-refractivity contribution in [1.82, 2.24) is 20.1 Å². The molecule has 1 unspecified atom stereocenters. The highest BCUT2D eigenvalue weighted by Gasteiger charge is 2.22. The molecule has 0 aliphatic heterocycles. The molecule has 0 bridgehead atoms. The summed E-state index contributed by atoms with van der Waals surface area (Å²) in [6, 6.07) is 0.229. The van der Waals surface area contributed by atoms with E-state index in [4.69, 9.17) is 0 Å². The molecular weight excluding hydrogens is 216 g/mol. The van der Waals surface area contributed by atoms with Crippen molar-refractivity contribution in [2.24, 2.45) is 0 Å². The fourth-order valence-electron chi connectivity index (χ4n) is 1.64. The Hall–Kier alpha value is -1.39. The summed E-state index contributed by atoms with van der Waals surface area (Å²) < 4.78 is 0. The van der Waals surface area contributed by atoms with Gasteiger partial charge in [-0.25, -0.2) is 4.98 Å². The first-order valence-corrected chi connectivity index (χ1v) is 6.30. The first-order valence-electron chi connectivity index (χ1n) is 6.30. The van der Waals surface area contributed by atoms with Crippen molar-refractivity contribution in [2.75, 3.05) is 6.54 Å². The predicted octanol–water partition coefficient (Wildman–Crippen LogP) is 2.15. The Bertz CT molecular complexity index is 361. The molecule has 0 saturated carbocycles. The van der Waals surface area contributed by atoms with Gasteiger partial charge in [-0.2, -0.15) is 0 Å². The number of rotatable bonds is 6. The Balaban J connectivity index is 2.78. The van der Waals surface area contributed by atoms with Crippen LogP contribution in [-0.4, -0.2) is 38.6 Å². The van der Waals surface area contributed by atoms with Gasteiger partial charge in [0.2, 0.25) is 5.82 Å². The van der Waals surface area contributed by atoms with Gasteiger partial charge in [-0.3, -0.25) is 9.89 Å². The molecule has 1 amide bonds. The summed E-state index contributed by atoms with van der Waals surface area (Å²) in [4.78, 5) is 18.2. The van der Waals surface area contributed by atoms with Crippen molar-refractivity contribution in [3.8, 4) is 0 Å². The molecule has 0 aliphatic carbocycles. The zero-order chi connectivity index (χ0) is 12.8. The van der Waals surface area contributed by atoms with E-state index in [1.54, 1.807) is 6.92 Å². The summed E-state index contributed by atoms with van der Waals surface area (Å²) in [7, 11) is 0. The van der Waals surface area contributed by atoms with Crippen LogP contribution in [-0.2, 0) is 0 Å². The molecule has 1 heterocycles. The van der Waals surface area contributed by atoms with Gasteiger partial charge in [0, 0.05) is 12.6 Å². The van der Waals surface area contributed by atoms with Gasteiger partial charge in [0.25, 0.3) is 5.91 Å². The van der Waals surface area contributed by atoms with Gasteiger partial charge in [-0.1, -0.05) is 20.3 Å². The summed E-state index contributed by atoms with van der Waals surface area (Å²) in [5.41, 5.74) is 0. The van der Waals surface area contributed by atoms with E-state index in [0.29, 0.717) is 5.82 Å². The smallest absolute Gasteiger partial charge is 0.293 e. The average molecular weight is 238 g/mol. The SMILES string of the molecule is CCCCN(C(=O)c1n[nH]c(C)n1)C(C)CC. The molecule has 1 aromatic rings. The number of unbranched alkanes of at least 4 members (excludes halogenated alkanes) is 1. The monoisotopic (exact) mass is 238 g/mol. The fraction of sp³-hybridized carbons (Fsp3) is 0.750. The first-order chi connectivity index (χ1) is 8.10. The van der Waals surface area contributed by atoms with Gasteiger partial charge < -0.3 is 4.90 Å². The summed E-state index contributed by atoms with van der Waals surface area (Å²) >= 11 is 0. The van der Waals surface area contributed by atoms with E-state index >= 15 is 0 Å². The normalized spacial score (nSPS) is 12.5. The maximum atomic E-state index is 12.2. The number of amides is 1. The molecule has 17 heavy (non-hydrogen) atoms. The van der Waals surface area contributed by atoms with Crippen LogP contribution in [0.15, 0.2) is 0 Å². The van der Waals surface area contributed by atoms with Crippen LogP contribution in [0, 0.1) is 6.92 Å². The number of H-pyrrole nitrogens is 1. The Morgan fingerprint density at radius 2 is 2.18 bits per heavy atom. The average Bonchev–Trinajstić information content (AvgIpc) is 2.75. The third-order valence-corrected chi connectivity index (χ3v) is 2.92. The molecule has 1 rings (SSSR count). The minimum atomic E-state index is -0.0721. The summed E-state index contributed by atoms with van der Waals surface area (Å²) in [5.74, 6) is 0.879. The van der Waals surface area contributed by atoms with Crippen molar-refractivity contribution >= 4 is 5.91 Å². The molecule has 96 valence electrons. The molecule has 0 aliphatic rings. The van der Waals surface area contributed by atoms with Crippen molar-refractivity contribution < 1.29 is 4.79 Å².